The summed E-state index contributed by atoms with van der Waals surface area (Å²) in [5.74, 6) is 0.276. The van der Waals surface area contributed by atoms with Crippen LogP contribution in [0.15, 0.2) is 5.10 Å². The molecule has 8 heteroatoms. The highest BCUT2D eigenvalue weighted by molar-refractivity contribution is 7.91. The van der Waals surface area contributed by atoms with Crippen molar-refractivity contribution in [2.24, 2.45) is 5.10 Å². The fraction of sp³-hybridized carbons (Fsp3) is 0.833. The van der Waals surface area contributed by atoms with Crippen LogP contribution in [0, 0.1) is 0 Å². The van der Waals surface area contributed by atoms with Crippen molar-refractivity contribution < 1.29 is 8.42 Å². The Bertz CT molecular complexity index is 322. The number of nitrogens with zero attached hydrogens (tertiary/aromatic N) is 1. The SMILES string of the molecule is O=S1(=O)CCC(N/N=C/C(Cl)(Cl)Cl)C1. The maximum Gasteiger partial charge on any atom is 0.227 e. The summed E-state index contributed by atoms with van der Waals surface area (Å²) in [7, 11) is -2.90. The van der Waals surface area contributed by atoms with Crippen LogP contribution in [0.25, 0.3) is 0 Å². The predicted octanol–water partition coefficient (Wildman–Crippen LogP) is 1.12. The van der Waals surface area contributed by atoms with Gasteiger partial charge in [0, 0.05) is 0 Å². The van der Waals surface area contributed by atoms with Gasteiger partial charge in [0.25, 0.3) is 0 Å². The Morgan fingerprint density at radius 3 is 2.50 bits per heavy atom. The quantitative estimate of drug-likeness (QED) is 0.468. The van der Waals surface area contributed by atoms with Crippen molar-refractivity contribution in [1.82, 2.24) is 5.43 Å². The Hall–Kier alpha value is 0.290. The lowest BCUT2D eigenvalue weighted by atomic mass is 10.3. The first-order valence-electron chi connectivity index (χ1n) is 3.85. The Balaban J connectivity index is 2.38. The van der Waals surface area contributed by atoms with Crippen LogP contribution in [0.4, 0.5) is 0 Å². The molecule has 1 rings (SSSR count). The first kappa shape index (κ1) is 12.4. The zero-order valence-corrected chi connectivity index (χ0v) is 10.2. The number of halogens is 3. The molecular formula is C6H9Cl3N2O2S. The van der Waals surface area contributed by atoms with E-state index in [1.54, 1.807) is 0 Å². The molecule has 0 bridgehead atoms. The second kappa shape index (κ2) is 4.43. The molecule has 1 atom stereocenters. The monoisotopic (exact) mass is 278 g/mol. The molecule has 1 heterocycles. The van der Waals surface area contributed by atoms with E-state index in [2.05, 4.69) is 10.5 Å². The van der Waals surface area contributed by atoms with Crippen LogP contribution >= 0.6 is 34.8 Å². The summed E-state index contributed by atoms with van der Waals surface area (Å²) in [5.41, 5.74) is 2.63. The third-order valence-electron chi connectivity index (χ3n) is 1.70. The Kier molecular flexibility index (Phi) is 3.91. The zero-order valence-electron chi connectivity index (χ0n) is 7.08. The van der Waals surface area contributed by atoms with Crippen molar-refractivity contribution in [2.75, 3.05) is 11.5 Å². The fourth-order valence-electron chi connectivity index (χ4n) is 1.11. The second-order valence-corrected chi connectivity index (χ2v) is 7.63. The summed E-state index contributed by atoms with van der Waals surface area (Å²) >= 11 is 16.2. The summed E-state index contributed by atoms with van der Waals surface area (Å²) in [5, 5.41) is 3.65. The average molecular weight is 280 g/mol. The largest absolute Gasteiger partial charge is 0.306 e. The molecule has 1 fully saturated rings. The highest BCUT2D eigenvalue weighted by Gasteiger charge is 2.27. The Morgan fingerprint density at radius 1 is 1.43 bits per heavy atom. The van der Waals surface area contributed by atoms with Crippen molar-refractivity contribution in [3.63, 3.8) is 0 Å². The van der Waals surface area contributed by atoms with Crippen LogP contribution in [0.5, 0.6) is 0 Å². The van der Waals surface area contributed by atoms with Crippen molar-refractivity contribution >= 4 is 50.9 Å². The number of rotatable bonds is 2. The fourth-order valence-corrected chi connectivity index (χ4v) is 2.92. The maximum absolute atomic E-state index is 11.0. The van der Waals surface area contributed by atoms with Gasteiger partial charge < -0.3 is 5.43 Å². The average Bonchev–Trinajstić information content (AvgIpc) is 2.27. The van der Waals surface area contributed by atoms with Crippen LogP contribution in [0.1, 0.15) is 6.42 Å². The van der Waals surface area contributed by atoms with Gasteiger partial charge in [-0.15, -0.1) is 0 Å². The third kappa shape index (κ3) is 4.68. The molecule has 0 radical (unpaired) electrons. The van der Waals surface area contributed by atoms with Crippen LogP contribution < -0.4 is 5.43 Å². The molecule has 0 spiro atoms. The summed E-state index contributed by atoms with van der Waals surface area (Å²) in [6.45, 7) is 0. The predicted molar refractivity (Wildman–Crippen MR) is 59.0 cm³/mol. The van der Waals surface area contributed by atoms with E-state index >= 15 is 0 Å². The van der Waals surface area contributed by atoms with E-state index in [1.165, 1.54) is 0 Å². The second-order valence-electron chi connectivity index (χ2n) is 3.03. The molecule has 1 saturated heterocycles. The van der Waals surface area contributed by atoms with Gasteiger partial charge >= 0.3 is 0 Å². The summed E-state index contributed by atoms with van der Waals surface area (Å²) in [6, 6.07) is -0.177. The molecule has 0 amide bonds. The molecule has 0 aromatic carbocycles. The molecule has 14 heavy (non-hydrogen) atoms. The van der Waals surface area contributed by atoms with Crippen LogP contribution in [-0.2, 0) is 9.84 Å². The van der Waals surface area contributed by atoms with Crippen molar-refractivity contribution in [3.8, 4) is 0 Å². The Morgan fingerprint density at radius 2 is 2.07 bits per heavy atom. The summed E-state index contributed by atoms with van der Waals surface area (Å²) < 4.78 is 20.5. The number of hydrogen-bond acceptors (Lipinski definition) is 4. The molecule has 1 aliphatic heterocycles. The van der Waals surface area contributed by atoms with Gasteiger partial charge in [-0.05, 0) is 6.42 Å². The summed E-state index contributed by atoms with van der Waals surface area (Å²) in [6.07, 6.45) is 1.64. The van der Waals surface area contributed by atoms with Gasteiger partial charge in [-0.2, -0.15) is 5.10 Å². The van der Waals surface area contributed by atoms with Crippen LogP contribution in [-0.4, -0.2) is 36.0 Å². The standard InChI is InChI=1S/C6H9Cl3N2O2S/c7-6(8,9)4-10-11-5-1-2-14(12,13)3-5/h4-5,11H,1-3H2/b10-4+. The molecule has 82 valence electrons. The first-order valence-corrected chi connectivity index (χ1v) is 6.81. The third-order valence-corrected chi connectivity index (χ3v) is 3.76. The van der Waals surface area contributed by atoms with Gasteiger partial charge in [-0.25, -0.2) is 8.42 Å². The van der Waals surface area contributed by atoms with E-state index in [4.69, 9.17) is 34.8 Å². The first-order chi connectivity index (χ1) is 6.29. The molecule has 0 aliphatic carbocycles. The number of sulfone groups is 1. The van der Waals surface area contributed by atoms with Gasteiger partial charge in [0.05, 0.1) is 23.8 Å². The highest BCUT2D eigenvalue weighted by atomic mass is 35.6. The zero-order chi connectivity index (χ0) is 10.8. The number of alkyl halides is 3. The molecule has 1 unspecified atom stereocenters. The molecule has 0 aromatic heterocycles. The van der Waals surface area contributed by atoms with E-state index in [0.717, 1.165) is 6.21 Å². The number of hydrazone groups is 1. The molecule has 0 aromatic rings. The minimum absolute atomic E-state index is 0.0875. The minimum atomic E-state index is -2.90. The van der Waals surface area contributed by atoms with Gasteiger partial charge in [0.15, 0.2) is 9.84 Å². The van der Waals surface area contributed by atoms with Crippen LogP contribution in [0.3, 0.4) is 0 Å². The smallest absolute Gasteiger partial charge is 0.227 e. The lowest BCUT2D eigenvalue weighted by Crippen LogP contribution is -2.26. The lowest BCUT2D eigenvalue weighted by molar-refractivity contribution is 0.578. The van der Waals surface area contributed by atoms with E-state index in [9.17, 15) is 8.42 Å². The summed E-state index contributed by atoms with van der Waals surface area (Å²) in [4.78, 5) is 0. The number of nitrogens with one attached hydrogen (secondary N) is 1. The van der Waals surface area contributed by atoms with Crippen LogP contribution in [0.2, 0.25) is 0 Å². The molecule has 4 nitrogen and oxygen atoms in total. The molecule has 1 aliphatic rings. The topological polar surface area (TPSA) is 58.5 Å². The lowest BCUT2D eigenvalue weighted by Gasteiger charge is -2.07. The van der Waals surface area contributed by atoms with Gasteiger partial charge in [0.1, 0.15) is 0 Å². The van der Waals surface area contributed by atoms with E-state index in [0.29, 0.717) is 6.42 Å². The Labute approximate surface area is 97.5 Å². The maximum atomic E-state index is 11.0. The van der Waals surface area contributed by atoms with Crippen molar-refractivity contribution in [1.29, 1.82) is 0 Å². The van der Waals surface area contributed by atoms with Crippen molar-refractivity contribution in [2.45, 2.75) is 16.3 Å². The number of hydrogen-bond donors (Lipinski definition) is 1. The van der Waals surface area contributed by atoms with E-state index in [-0.39, 0.29) is 17.5 Å². The molecule has 0 saturated carbocycles. The molecule has 1 N–H and O–H groups in total. The van der Waals surface area contributed by atoms with Crippen molar-refractivity contribution in [3.05, 3.63) is 0 Å². The van der Waals surface area contributed by atoms with Gasteiger partial charge in [-0.3, -0.25) is 0 Å². The van der Waals surface area contributed by atoms with Gasteiger partial charge in [-0.1, -0.05) is 34.8 Å². The molecular weight excluding hydrogens is 271 g/mol. The van der Waals surface area contributed by atoms with E-state index < -0.39 is 13.6 Å². The minimum Gasteiger partial charge on any atom is -0.306 e. The van der Waals surface area contributed by atoms with E-state index in [1.807, 2.05) is 0 Å². The van der Waals surface area contributed by atoms with Gasteiger partial charge in [0.2, 0.25) is 3.79 Å². The highest BCUT2D eigenvalue weighted by Crippen LogP contribution is 2.22. The normalized spacial score (nSPS) is 26.9.